The van der Waals surface area contributed by atoms with Gasteiger partial charge in [0.05, 0.1) is 24.9 Å². The largest absolute Gasteiger partial charge is 0.373 e. The zero-order valence-corrected chi connectivity index (χ0v) is 9.79. The summed E-state index contributed by atoms with van der Waals surface area (Å²) in [4.78, 5) is 0. The Labute approximate surface area is 103 Å². The molecule has 3 fully saturated rings. The standard InChI is InChI=1S/C6H10O.C4H8O.C2H6.2CH4/c1-2-4-6-5(3-1)7-6;1-2-4-3-5-4;1-2;;/h5-6H,1-4H2;4H,2-3H2,1H3;1-2H3;2*1H4. The van der Waals surface area contributed by atoms with Crippen molar-refractivity contribution < 1.29 is 9.47 Å². The summed E-state index contributed by atoms with van der Waals surface area (Å²) in [5.74, 6) is 0. The predicted octanol–water partition coefficient (Wildman–Crippen LogP) is 4.42. The lowest BCUT2D eigenvalue weighted by molar-refractivity contribution is 0.373. The summed E-state index contributed by atoms with van der Waals surface area (Å²) in [5.41, 5.74) is 0. The number of hydrogen-bond donors (Lipinski definition) is 0. The van der Waals surface area contributed by atoms with E-state index < -0.39 is 0 Å². The molecule has 100 valence electrons. The highest BCUT2D eigenvalue weighted by Crippen LogP contribution is 2.35. The van der Waals surface area contributed by atoms with E-state index in [4.69, 9.17) is 9.47 Å². The first-order valence-electron chi connectivity index (χ1n) is 6.17. The third-order valence-electron chi connectivity index (χ3n) is 2.77. The second-order valence-corrected chi connectivity index (χ2v) is 3.86. The highest BCUT2D eigenvalue weighted by atomic mass is 16.6. The van der Waals surface area contributed by atoms with Crippen molar-refractivity contribution in [2.75, 3.05) is 6.61 Å². The molecule has 0 N–H and O–H groups in total. The Hall–Kier alpha value is -0.0800. The van der Waals surface area contributed by atoms with E-state index in [2.05, 4.69) is 6.92 Å². The summed E-state index contributed by atoms with van der Waals surface area (Å²) in [6, 6.07) is 0. The monoisotopic (exact) mass is 232 g/mol. The van der Waals surface area contributed by atoms with E-state index in [0.717, 1.165) is 6.61 Å². The third kappa shape index (κ3) is 7.24. The van der Waals surface area contributed by atoms with Crippen LogP contribution in [0.2, 0.25) is 0 Å². The summed E-state index contributed by atoms with van der Waals surface area (Å²) < 4.78 is 10.1. The van der Waals surface area contributed by atoms with Crippen molar-refractivity contribution >= 4 is 0 Å². The minimum absolute atomic E-state index is 0. The van der Waals surface area contributed by atoms with Crippen molar-refractivity contribution in [3.63, 3.8) is 0 Å². The number of ether oxygens (including phenoxy) is 2. The van der Waals surface area contributed by atoms with Gasteiger partial charge >= 0.3 is 0 Å². The van der Waals surface area contributed by atoms with E-state index in [1.807, 2.05) is 13.8 Å². The van der Waals surface area contributed by atoms with Gasteiger partial charge in [-0.3, -0.25) is 0 Å². The van der Waals surface area contributed by atoms with E-state index in [0.29, 0.717) is 18.3 Å². The molecular formula is C14H32O2. The average Bonchev–Trinajstić information content (AvgIpc) is 3.15. The highest BCUT2D eigenvalue weighted by molar-refractivity contribution is 4.87. The van der Waals surface area contributed by atoms with Crippen LogP contribution < -0.4 is 0 Å². The smallest absolute Gasteiger partial charge is 0.0841 e. The summed E-state index contributed by atoms with van der Waals surface area (Å²) in [6.07, 6.45) is 8.72. The van der Waals surface area contributed by atoms with Crippen LogP contribution in [0.25, 0.3) is 0 Å². The second-order valence-electron chi connectivity index (χ2n) is 3.86. The molecule has 0 amide bonds. The maximum Gasteiger partial charge on any atom is 0.0841 e. The normalized spacial score (nSPS) is 32.1. The lowest BCUT2D eigenvalue weighted by atomic mass is 10.0. The van der Waals surface area contributed by atoms with Crippen LogP contribution in [0.1, 0.15) is 67.7 Å². The Morgan fingerprint density at radius 3 is 1.62 bits per heavy atom. The Balaban J connectivity index is 0. The molecule has 2 nitrogen and oxygen atoms in total. The molecule has 0 spiro atoms. The Bertz CT molecular complexity index is 134. The van der Waals surface area contributed by atoms with Crippen molar-refractivity contribution in [3.05, 3.63) is 0 Å². The van der Waals surface area contributed by atoms with Gasteiger partial charge < -0.3 is 9.47 Å². The van der Waals surface area contributed by atoms with Crippen LogP contribution in [0.3, 0.4) is 0 Å². The summed E-state index contributed by atoms with van der Waals surface area (Å²) in [5, 5.41) is 0. The van der Waals surface area contributed by atoms with E-state index in [1.54, 1.807) is 0 Å². The molecule has 2 aliphatic heterocycles. The molecule has 2 saturated heterocycles. The zero-order chi connectivity index (χ0) is 10.4. The van der Waals surface area contributed by atoms with Gasteiger partial charge in [0.2, 0.25) is 0 Å². The first-order chi connectivity index (χ1) is 6.90. The first kappa shape index (κ1) is 18.3. The number of epoxide rings is 2. The molecule has 3 aliphatic rings. The van der Waals surface area contributed by atoms with Crippen molar-refractivity contribution in [3.8, 4) is 0 Å². The molecule has 3 atom stereocenters. The van der Waals surface area contributed by atoms with Crippen molar-refractivity contribution in [1.82, 2.24) is 0 Å². The first-order valence-corrected chi connectivity index (χ1v) is 6.17. The number of fused-ring (bicyclic) bond motifs is 1. The average molecular weight is 232 g/mol. The highest BCUT2D eigenvalue weighted by Gasteiger charge is 2.39. The van der Waals surface area contributed by atoms with Gasteiger partial charge in [-0.1, -0.05) is 48.5 Å². The number of hydrogen-bond acceptors (Lipinski definition) is 2. The molecular weight excluding hydrogens is 200 g/mol. The molecule has 2 heteroatoms. The fourth-order valence-corrected chi connectivity index (χ4v) is 1.68. The Kier molecular flexibility index (Phi) is 11.5. The summed E-state index contributed by atoms with van der Waals surface area (Å²) in [6.45, 7) is 7.15. The molecule has 0 aromatic heterocycles. The Morgan fingerprint density at radius 1 is 1.00 bits per heavy atom. The lowest BCUT2D eigenvalue weighted by Crippen LogP contribution is -2.00. The van der Waals surface area contributed by atoms with Crippen LogP contribution in [0, 0.1) is 0 Å². The maximum atomic E-state index is 5.28. The van der Waals surface area contributed by atoms with Crippen LogP contribution in [0.4, 0.5) is 0 Å². The van der Waals surface area contributed by atoms with Crippen molar-refractivity contribution in [2.24, 2.45) is 0 Å². The van der Waals surface area contributed by atoms with Crippen molar-refractivity contribution in [2.45, 2.75) is 86.0 Å². The van der Waals surface area contributed by atoms with Crippen LogP contribution in [0.5, 0.6) is 0 Å². The molecule has 0 aromatic carbocycles. The molecule has 1 aliphatic carbocycles. The molecule has 0 bridgehead atoms. The molecule has 3 unspecified atom stereocenters. The van der Waals surface area contributed by atoms with Crippen LogP contribution in [-0.2, 0) is 9.47 Å². The van der Waals surface area contributed by atoms with Gasteiger partial charge in [0.25, 0.3) is 0 Å². The number of rotatable bonds is 1. The lowest BCUT2D eigenvalue weighted by Gasteiger charge is -2.00. The van der Waals surface area contributed by atoms with Crippen molar-refractivity contribution in [1.29, 1.82) is 0 Å². The van der Waals surface area contributed by atoms with E-state index in [1.165, 1.54) is 32.1 Å². The fourth-order valence-electron chi connectivity index (χ4n) is 1.68. The van der Waals surface area contributed by atoms with Crippen LogP contribution in [-0.4, -0.2) is 24.9 Å². The fraction of sp³-hybridized carbons (Fsp3) is 1.00. The SMILES string of the molecule is C.C.C1CCC2OC2C1.CC.CCC1CO1. The van der Waals surface area contributed by atoms with Crippen LogP contribution >= 0.6 is 0 Å². The van der Waals surface area contributed by atoms with E-state index in [-0.39, 0.29) is 14.9 Å². The Morgan fingerprint density at radius 2 is 1.44 bits per heavy atom. The second kappa shape index (κ2) is 10.1. The molecule has 16 heavy (non-hydrogen) atoms. The van der Waals surface area contributed by atoms with Gasteiger partial charge in [-0.2, -0.15) is 0 Å². The molecule has 1 saturated carbocycles. The maximum absolute atomic E-state index is 5.28. The van der Waals surface area contributed by atoms with Crippen LogP contribution in [0.15, 0.2) is 0 Å². The predicted molar refractivity (Wildman–Crippen MR) is 72.0 cm³/mol. The minimum Gasteiger partial charge on any atom is -0.373 e. The quantitative estimate of drug-likeness (QED) is 0.625. The molecule has 2 heterocycles. The molecule has 0 aromatic rings. The van der Waals surface area contributed by atoms with Gasteiger partial charge in [-0.25, -0.2) is 0 Å². The molecule has 0 radical (unpaired) electrons. The molecule has 3 rings (SSSR count). The zero-order valence-electron chi connectivity index (χ0n) is 9.79. The van der Waals surface area contributed by atoms with Gasteiger partial charge in [-0.05, 0) is 19.3 Å². The summed E-state index contributed by atoms with van der Waals surface area (Å²) in [7, 11) is 0. The minimum atomic E-state index is 0. The summed E-state index contributed by atoms with van der Waals surface area (Å²) >= 11 is 0. The van der Waals surface area contributed by atoms with Gasteiger partial charge in [0.15, 0.2) is 0 Å². The topological polar surface area (TPSA) is 25.1 Å². The van der Waals surface area contributed by atoms with E-state index >= 15 is 0 Å². The van der Waals surface area contributed by atoms with E-state index in [9.17, 15) is 0 Å². The van der Waals surface area contributed by atoms with Gasteiger partial charge in [-0.15, -0.1) is 0 Å². The van der Waals surface area contributed by atoms with Gasteiger partial charge in [0, 0.05) is 0 Å². The third-order valence-corrected chi connectivity index (χ3v) is 2.77. The van der Waals surface area contributed by atoms with Gasteiger partial charge in [0.1, 0.15) is 0 Å².